The number of hydrogen-bond acceptors (Lipinski definition) is 4. The van der Waals surface area contributed by atoms with E-state index in [2.05, 4.69) is 96.7 Å². The monoisotopic (exact) mass is 424 g/mol. The Morgan fingerprint density at radius 3 is 1.47 bits per heavy atom. The molecule has 0 bridgehead atoms. The Morgan fingerprint density at radius 1 is 0.600 bits per heavy atom. The highest BCUT2D eigenvalue weighted by Gasteiger charge is 2.05. The zero-order chi connectivity index (χ0) is 20.5. The van der Waals surface area contributed by atoms with Gasteiger partial charge in [0.2, 0.25) is 0 Å². The van der Waals surface area contributed by atoms with Crippen LogP contribution in [0.4, 0.5) is 0 Å². The van der Waals surface area contributed by atoms with Crippen LogP contribution in [0, 0.1) is 13.8 Å². The molecule has 5 rings (SSSR count). The average molecular weight is 425 g/mol. The molecule has 4 aromatic heterocycles. The predicted octanol–water partition coefficient (Wildman–Crippen LogP) is 7.86. The molecule has 0 aliphatic rings. The van der Waals surface area contributed by atoms with E-state index >= 15 is 0 Å². The second-order valence-electron chi connectivity index (χ2n) is 7.41. The summed E-state index contributed by atoms with van der Waals surface area (Å²) in [5.41, 5.74) is 4.33. The van der Waals surface area contributed by atoms with Gasteiger partial charge in [-0.2, -0.15) is 0 Å². The zero-order valence-corrected chi connectivity index (χ0v) is 18.4. The summed E-state index contributed by atoms with van der Waals surface area (Å²) in [6, 6.07) is 17.4. The number of rotatable bonds is 4. The maximum absolute atomic E-state index is 4.45. The highest BCUT2D eigenvalue weighted by atomic mass is 32.1. The van der Waals surface area contributed by atoms with E-state index in [4.69, 9.17) is 0 Å². The molecule has 0 radical (unpaired) electrons. The van der Waals surface area contributed by atoms with Crippen LogP contribution in [-0.4, -0.2) is 9.97 Å². The molecule has 30 heavy (non-hydrogen) atoms. The number of nitrogens with zero attached hydrogens (tertiary/aromatic N) is 2. The van der Waals surface area contributed by atoms with Crippen molar-refractivity contribution in [2.24, 2.45) is 0 Å². The van der Waals surface area contributed by atoms with E-state index in [1.165, 1.54) is 41.1 Å². The van der Waals surface area contributed by atoms with Gasteiger partial charge in [-0.25, -0.2) is 0 Å². The van der Waals surface area contributed by atoms with Gasteiger partial charge in [0.05, 0.1) is 11.4 Å². The smallest absolute Gasteiger partial charge is 0.0630 e. The minimum atomic E-state index is 0.985. The van der Waals surface area contributed by atoms with E-state index in [1.54, 1.807) is 0 Å². The van der Waals surface area contributed by atoms with Crippen LogP contribution in [0.5, 0.6) is 0 Å². The number of aromatic nitrogens is 2. The van der Waals surface area contributed by atoms with Crippen molar-refractivity contribution >= 4 is 67.1 Å². The molecule has 0 saturated heterocycles. The van der Waals surface area contributed by atoms with Crippen molar-refractivity contribution in [3.63, 3.8) is 0 Å². The van der Waals surface area contributed by atoms with Gasteiger partial charge < -0.3 is 0 Å². The molecule has 0 unspecified atom stereocenters. The number of benzene rings is 1. The molecule has 0 aliphatic heterocycles. The van der Waals surface area contributed by atoms with Crippen molar-refractivity contribution in [3.8, 4) is 0 Å². The number of fused-ring (bicyclic) bond motifs is 2. The van der Waals surface area contributed by atoms with Crippen LogP contribution in [0.15, 0.2) is 60.9 Å². The van der Waals surface area contributed by atoms with E-state index in [9.17, 15) is 0 Å². The summed E-state index contributed by atoms with van der Waals surface area (Å²) in [4.78, 5) is 11.4. The molecule has 2 nitrogen and oxygen atoms in total. The standard InChI is InChI=1S/C26H20N2S2/c1-17-3-5-21(27-15-17)7-9-23-11-19-13-26-20(14-25(19)29-23)12-24(30-26)10-8-22-6-4-18(2)16-28-22/h3-16H,1-2H3. The van der Waals surface area contributed by atoms with Crippen molar-refractivity contribution in [3.05, 3.63) is 93.2 Å². The minimum absolute atomic E-state index is 0.985. The summed E-state index contributed by atoms with van der Waals surface area (Å²) in [6.07, 6.45) is 12.3. The van der Waals surface area contributed by atoms with E-state index < -0.39 is 0 Å². The summed E-state index contributed by atoms with van der Waals surface area (Å²) in [5, 5.41) is 2.59. The first-order chi connectivity index (χ1) is 14.6. The first kappa shape index (κ1) is 18.9. The summed E-state index contributed by atoms with van der Waals surface area (Å²) < 4.78 is 2.63. The minimum Gasteiger partial charge on any atom is -0.257 e. The Hall–Kier alpha value is -3.08. The van der Waals surface area contributed by atoms with Gasteiger partial charge in [-0.1, -0.05) is 12.1 Å². The fourth-order valence-electron chi connectivity index (χ4n) is 3.27. The van der Waals surface area contributed by atoms with Crippen LogP contribution in [-0.2, 0) is 0 Å². The third kappa shape index (κ3) is 4.11. The molecule has 0 amide bonds. The molecular formula is C26H20N2S2. The normalized spacial score (nSPS) is 12.1. The second kappa shape index (κ2) is 7.98. The van der Waals surface area contributed by atoms with Gasteiger partial charge in [-0.3, -0.25) is 9.97 Å². The van der Waals surface area contributed by atoms with Crippen molar-refractivity contribution in [2.45, 2.75) is 13.8 Å². The summed E-state index contributed by atoms with van der Waals surface area (Å²) >= 11 is 3.63. The quantitative estimate of drug-likeness (QED) is 0.293. The lowest BCUT2D eigenvalue weighted by Crippen LogP contribution is -1.79. The largest absolute Gasteiger partial charge is 0.257 e. The highest BCUT2D eigenvalue weighted by Crippen LogP contribution is 2.35. The first-order valence-corrected chi connectivity index (χ1v) is 11.4. The molecule has 1 aromatic carbocycles. The van der Waals surface area contributed by atoms with Crippen LogP contribution < -0.4 is 0 Å². The van der Waals surface area contributed by atoms with Crippen LogP contribution >= 0.6 is 22.7 Å². The van der Waals surface area contributed by atoms with E-state index in [1.807, 2.05) is 35.1 Å². The molecule has 0 N–H and O–H groups in total. The Kier molecular flexibility index (Phi) is 5.03. The SMILES string of the molecule is Cc1ccc(C=Cc2cc3cc4sc(C=Cc5ccc(C)cn5)cc4cc3s2)nc1. The topological polar surface area (TPSA) is 25.8 Å². The number of thiophene rings is 2. The van der Waals surface area contributed by atoms with Crippen LogP contribution in [0.1, 0.15) is 32.3 Å². The van der Waals surface area contributed by atoms with Crippen molar-refractivity contribution in [2.75, 3.05) is 0 Å². The molecule has 5 aromatic rings. The summed E-state index contributed by atoms with van der Waals surface area (Å²) in [7, 11) is 0. The fraction of sp³-hybridized carbons (Fsp3) is 0.0769. The number of hydrogen-bond donors (Lipinski definition) is 0. The Balaban J connectivity index is 1.40. The van der Waals surface area contributed by atoms with Crippen molar-refractivity contribution < 1.29 is 0 Å². The zero-order valence-electron chi connectivity index (χ0n) is 16.8. The van der Waals surface area contributed by atoms with Crippen LogP contribution in [0.3, 0.4) is 0 Å². The van der Waals surface area contributed by atoms with Crippen LogP contribution in [0.25, 0.3) is 44.5 Å². The first-order valence-electron chi connectivity index (χ1n) is 9.81. The van der Waals surface area contributed by atoms with Gasteiger partial charge in [0.15, 0.2) is 0 Å². The molecular weight excluding hydrogens is 404 g/mol. The molecule has 4 heteroatoms. The highest BCUT2D eigenvalue weighted by molar-refractivity contribution is 7.21. The Morgan fingerprint density at radius 2 is 1.07 bits per heavy atom. The van der Waals surface area contributed by atoms with Crippen molar-refractivity contribution in [1.29, 1.82) is 0 Å². The summed E-state index contributed by atoms with van der Waals surface area (Å²) in [6.45, 7) is 4.11. The lowest BCUT2D eigenvalue weighted by molar-refractivity contribution is 1.25. The molecule has 0 spiro atoms. The van der Waals surface area contributed by atoms with Gasteiger partial charge >= 0.3 is 0 Å². The third-order valence-corrected chi connectivity index (χ3v) is 7.02. The second-order valence-corrected chi connectivity index (χ2v) is 9.64. The van der Waals surface area contributed by atoms with Gasteiger partial charge in [-0.15, -0.1) is 22.7 Å². The lowest BCUT2D eigenvalue weighted by atomic mass is 10.2. The van der Waals surface area contributed by atoms with E-state index in [0.29, 0.717) is 0 Å². The Bertz CT molecular complexity index is 1230. The van der Waals surface area contributed by atoms with Gasteiger partial charge in [-0.05, 0) is 96.4 Å². The van der Waals surface area contributed by atoms with Gasteiger partial charge in [0, 0.05) is 31.5 Å². The molecule has 4 heterocycles. The fourth-order valence-corrected chi connectivity index (χ4v) is 5.26. The molecule has 0 aliphatic carbocycles. The maximum Gasteiger partial charge on any atom is 0.0630 e. The molecule has 0 fully saturated rings. The predicted molar refractivity (Wildman–Crippen MR) is 133 cm³/mol. The number of pyridine rings is 2. The van der Waals surface area contributed by atoms with Crippen LogP contribution in [0.2, 0.25) is 0 Å². The summed E-state index contributed by atoms with van der Waals surface area (Å²) in [5.74, 6) is 0. The molecule has 146 valence electrons. The number of aryl methyl sites for hydroxylation is 2. The third-order valence-electron chi connectivity index (χ3n) is 4.90. The van der Waals surface area contributed by atoms with Gasteiger partial charge in [0.25, 0.3) is 0 Å². The van der Waals surface area contributed by atoms with Crippen molar-refractivity contribution in [1.82, 2.24) is 9.97 Å². The van der Waals surface area contributed by atoms with E-state index in [-0.39, 0.29) is 0 Å². The Labute approximate surface area is 183 Å². The lowest BCUT2D eigenvalue weighted by Gasteiger charge is -1.92. The maximum atomic E-state index is 4.45. The van der Waals surface area contributed by atoms with Gasteiger partial charge in [0.1, 0.15) is 0 Å². The average Bonchev–Trinajstić information content (AvgIpc) is 3.33. The molecule has 0 atom stereocenters. The molecule has 0 saturated carbocycles. The van der Waals surface area contributed by atoms with E-state index in [0.717, 1.165) is 11.4 Å².